The summed E-state index contributed by atoms with van der Waals surface area (Å²) in [7, 11) is -2.13. The van der Waals surface area contributed by atoms with Crippen molar-refractivity contribution >= 4 is 33.4 Å². The van der Waals surface area contributed by atoms with Gasteiger partial charge in [0.2, 0.25) is 0 Å². The van der Waals surface area contributed by atoms with Crippen LogP contribution in [-0.2, 0) is 21.4 Å². The minimum absolute atomic E-state index is 0.0348. The SMILES string of the molecule is CN(Cc1cc(C=CC(=O)O)cs1)S(=O)(=O)c1cnc[nH]1. The summed E-state index contributed by atoms with van der Waals surface area (Å²) in [5, 5.41) is 10.4. The third kappa shape index (κ3) is 3.78. The summed E-state index contributed by atoms with van der Waals surface area (Å²) >= 11 is 1.37. The number of H-pyrrole nitrogens is 1. The van der Waals surface area contributed by atoms with Crippen molar-refractivity contribution in [3.8, 4) is 0 Å². The summed E-state index contributed by atoms with van der Waals surface area (Å²) in [6.45, 7) is 0.201. The minimum atomic E-state index is -3.60. The Hall–Kier alpha value is -1.97. The van der Waals surface area contributed by atoms with E-state index in [2.05, 4.69) is 9.97 Å². The molecule has 0 aromatic carbocycles. The van der Waals surface area contributed by atoms with Gasteiger partial charge < -0.3 is 10.1 Å². The van der Waals surface area contributed by atoms with Crippen LogP contribution in [0.5, 0.6) is 0 Å². The standard InChI is InChI=1S/C12H13N3O4S2/c1-15(21(18,19)11-5-13-8-14-11)6-10-4-9(7-20-10)2-3-12(16)17/h2-5,7-8H,6H2,1H3,(H,13,14)(H,16,17). The van der Waals surface area contributed by atoms with Crippen molar-refractivity contribution in [3.63, 3.8) is 0 Å². The first kappa shape index (κ1) is 15.4. The van der Waals surface area contributed by atoms with Gasteiger partial charge in [-0.15, -0.1) is 11.3 Å². The zero-order valence-electron chi connectivity index (χ0n) is 11.1. The van der Waals surface area contributed by atoms with Gasteiger partial charge in [-0.05, 0) is 23.1 Å². The van der Waals surface area contributed by atoms with E-state index in [-0.39, 0.29) is 11.6 Å². The largest absolute Gasteiger partial charge is 0.478 e. The highest BCUT2D eigenvalue weighted by atomic mass is 32.2. The van der Waals surface area contributed by atoms with Crippen molar-refractivity contribution in [3.05, 3.63) is 40.5 Å². The molecule has 0 atom stereocenters. The first-order valence-corrected chi connectivity index (χ1v) is 8.14. The van der Waals surface area contributed by atoms with Gasteiger partial charge >= 0.3 is 5.97 Å². The molecule has 2 aromatic rings. The second-order valence-electron chi connectivity index (χ2n) is 4.19. The Balaban J connectivity index is 2.10. The third-order valence-electron chi connectivity index (χ3n) is 2.63. The maximum Gasteiger partial charge on any atom is 0.328 e. The molecule has 0 spiro atoms. The van der Waals surface area contributed by atoms with E-state index in [4.69, 9.17) is 5.11 Å². The number of sulfonamides is 1. The fraction of sp³-hybridized carbons (Fsp3) is 0.167. The van der Waals surface area contributed by atoms with Gasteiger partial charge in [0.15, 0.2) is 5.03 Å². The van der Waals surface area contributed by atoms with Crippen LogP contribution in [0.3, 0.4) is 0 Å². The van der Waals surface area contributed by atoms with Gasteiger partial charge in [-0.2, -0.15) is 4.31 Å². The first-order chi connectivity index (χ1) is 9.89. The van der Waals surface area contributed by atoms with E-state index in [9.17, 15) is 13.2 Å². The Bertz CT molecular complexity index is 747. The molecule has 2 N–H and O–H groups in total. The number of hydrogen-bond donors (Lipinski definition) is 2. The summed E-state index contributed by atoms with van der Waals surface area (Å²) < 4.78 is 25.6. The van der Waals surface area contributed by atoms with Gasteiger partial charge in [-0.25, -0.2) is 18.2 Å². The van der Waals surface area contributed by atoms with Crippen molar-refractivity contribution in [2.75, 3.05) is 7.05 Å². The monoisotopic (exact) mass is 327 g/mol. The van der Waals surface area contributed by atoms with Crippen LogP contribution >= 0.6 is 11.3 Å². The van der Waals surface area contributed by atoms with Crippen LogP contribution in [0.1, 0.15) is 10.4 Å². The molecule has 0 amide bonds. The highest BCUT2D eigenvalue weighted by molar-refractivity contribution is 7.89. The maximum atomic E-state index is 12.2. The summed E-state index contributed by atoms with van der Waals surface area (Å²) in [5.41, 5.74) is 0.727. The third-order valence-corrected chi connectivity index (χ3v) is 5.30. The van der Waals surface area contributed by atoms with E-state index in [1.807, 2.05) is 0 Å². The normalized spacial score (nSPS) is 12.3. The van der Waals surface area contributed by atoms with Crippen molar-refractivity contribution in [1.29, 1.82) is 0 Å². The smallest absolute Gasteiger partial charge is 0.328 e. The van der Waals surface area contributed by atoms with E-state index >= 15 is 0 Å². The van der Waals surface area contributed by atoms with Crippen molar-refractivity contribution in [2.45, 2.75) is 11.6 Å². The number of nitrogens with one attached hydrogen (secondary N) is 1. The molecule has 0 aliphatic heterocycles. The van der Waals surface area contributed by atoms with Gasteiger partial charge in [0.05, 0.1) is 12.5 Å². The topological polar surface area (TPSA) is 103 Å². The summed E-state index contributed by atoms with van der Waals surface area (Å²) in [5.74, 6) is -1.03. The van der Waals surface area contributed by atoms with Crippen molar-refractivity contribution in [2.24, 2.45) is 0 Å². The molecule has 9 heteroatoms. The van der Waals surface area contributed by atoms with Crippen LogP contribution in [-0.4, -0.2) is 40.8 Å². The maximum absolute atomic E-state index is 12.2. The molecular formula is C12H13N3O4S2. The second kappa shape index (κ2) is 6.20. The molecular weight excluding hydrogens is 314 g/mol. The predicted molar refractivity (Wildman–Crippen MR) is 78.2 cm³/mol. The molecule has 112 valence electrons. The lowest BCUT2D eigenvalue weighted by atomic mass is 10.3. The molecule has 7 nitrogen and oxygen atoms in total. The number of rotatable bonds is 6. The number of aromatic amines is 1. The number of nitrogens with zero attached hydrogens (tertiary/aromatic N) is 2. The van der Waals surface area contributed by atoms with Crippen LogP contribution in [0.25, 0.3) is 6.08 Å². The Morgan fingerprint density at radius 2 is 2.33 bits per heavy atom. The molecule has 21 heavy (non-hydrogen) atoms. The molecule has 0 unspecified atom stereocenters. The molecule has 0 saturated heterocycles. The van der Waals surface area contributed by atoms with Crippen LogP contribution in [0.2, 0.25) is 0 Å². The fourth-order valence-corrected chi connectivity index (χ4v) is 3.62. The van der Waals surface area contributed by atoms with Crippen molar-refractivity contribution < 1.29 is 18.3 Å². The number of aromatic nitrogens is 2. The quantitative estimate of drug-likeness (QED) is 0.780. The number of thiophene rings is 1. The van der Waals surface area contributed by atoms with Gasteiger partial charge in [-0.1, -0.05) is 0 Å². The van der Waals surface area contributed by atoms with Gasteiger partial charge in [0, 0.05) is 24.5 Å². The molecule has 0 radical (unpaired) electrons. The minimum Gasteiger partial charge on any atom is -0.478 e. The Kier molecular flexibility index (Phi) is 4.56. The lowest BCUT2D eigenvalue weighted by molar-refractivity contribution is -0.131. The highest BCUT2D eigenvalue weighted by Gasteiger charge is 2.22. The molecule has 2 aromatic heterocycles. The molecule has 2 rings (SSSR count). The summed E-state index contributed by atoms with van der Waals surface area (Å²) in [6.07, 6.45) is 5.06. The summed E-state index contributed by atoms with van der Waals surface area (Å²) in [4.78, 5) is 17.5. The van der Waals surface area contributed by atoms with Crippen LogP contribution in [0.4, 0.5) is 0 Å². The molecule has 0 fully saturated rings. The average Bonchev–Trinajstić information content (AvgIpc) is 3.07. The van der Waals surface area contributed by atoms with Gasteiger partial charge in [0.25, 0.3) is 10.0 Å². The lowest BCUT2D eigenvalue weighted by Gasteiger charge is -2.14. The Morgan fingerprint density at radius 3 is 2.95 bits per heavy atom. The van der Waals surface area contributed by atoms with Gasteiger partial charge in [-0.3, -0.25) is 0 Å². The molecule has 2 heterocycles. The zero-order chi connectivity index (χ0) is 15.5. The zero-order valence-corrected chi connectivity index (χ0v) is 12.7. The molecule has 0 aliphatic carbocycles. The van der Waals surface area contributed by atoms with E-state index in [1.54, 1.807) is 11.4 Å². The number of hydrogen-bond acceptors (Lipinski definition) is 5. The lowest BCUT2D eigenvalue weighted by Crippen LogP contribution is -2.26. The number of aliphatic carboxylic acids is 1. The fourth-order valence-electron chi connectivity index (χ4n) is 1.59. The predicted octanol–water partition coefficient (Wildman–Crippen LogP) is 1.39. The Labute approximate surface area is 125 Å². The van der Waals surface area contributed by atoms with Crippen LogP contribution in [0, 0.1) is 0 Å². The number of carbonyl (C=O) groups is 1. The van der Waals surface area contributed by atoms with E-state index in [1.165, 1.54) is 41.3 Å². The molecule has 0 saturated carbocycles. The van der Waals surface area contributed by atoms with Gasteiger partial charge in [0.1, 0.15) is 0 Å². The number of carboxylic acid groups (broad SMARTS) is 1. The van der Waals surface area contributed by atoms with E-state index in [0.29, 0.717) is 0 Å². The van der Waals surface area contributed by atoms with E-state index in [0.717, 1.165) is 16.5 Å². The summed E-state index contributed by atoms with van der Waals surface area (Å²) in [6, 6.07) is 1.75. The molecule has 0 aliphatic rings. The first-order valence-electron chi connectivity index (χ1n) is 5.83. The van der Waals surface area contributed by atoms with Crippen molar-refractivity contribution in [1.82, 2.24) is 14.3 Å². The number of imidazole rings is 1. The molecule has 0 bridgehead atoms. The van der Waals surface area contributed by atoms with Crippen LogP contribution < -0.4 is 0 Å². The number of carboxylic acids is 1. The second-order valence-corrected chi connectivity index (χ2v) is 7.20. The van der Waals surface area contributed by atoms with E-state index < -0.39 is 16.0 Å². The van der Waals surface area contributed by atoms with Crippen LogP contribution in [0.15, 0.2) is 35.1 Å². The highest BCUT2D eigenvalue weighted by Crippen LogP contribution is 2.20. The Morgan fingerprint density at radius 1 is 1.57 bits per heavy atom. The average molecular weight is 327 g/mol.